The first-order chi connectivity index (χ1) is 48.1. The number of nitrogens with zero attached hydrogens (tertiary/aromatic N) is 1. The number of ether oxygens (including phenoxy) is 4. The van der Waals surface area contributed by atoms with Crippen molar-refractivity contribution in [2.45, 2.75) is 431 Å². The number of aliphatic carboxylic acids is 1. The van der Waals surface area contributed by atoms with Crippen LogP contribution in [0.3, 0.4) is 0 Å². The Kier molecular flexibility index (Phi) is 76.8. The molecule has 0 saturated carbocycles. The number of allylic oxidation sites excluding steroid dienone is 12. The molecule has 0 bridgehead atoms. The molecule has 0 saturated heterocycles. The van der Waals surface area contributed by atoms with Gasteiger partial charge in [0.1, 0.15) is 13.2 Å². The van der Waals surface area contributed by atoms with E-state index in [2.05, 4.69) is 86.8 Å². The van der Waals surface area contributed by atoms with Gasteiger partial charge in [-0.25, -0.2) is 0 Å². The van der Waals surface area contributed by atoms with E-state index in [1.54, 1.807) is 0 Å². The van der Waals surface area contributed by atoms with Gasteiger partial charge in [0.15, 0.2) is 12.4 Å². The van der Waals surface area contributed by atoms with Gasteiger partial charge in [0.25, 0.3) is 0 Å². The lowest BCUT2D eigenvalue weighted by Crippen LogP contribution is -2.44. The van der Waals surface area contributed by atoms with Gasteiger partial charge in [-0.05, 0) is 64.2 Å². The van der Waals surface area contributed by atoms with Gasteiger partial charge in [-0.2, -0.15) is 0 Å². The molecule has 0 aliphatic rings. The van der Waals surface area contributed by atoms with Crippen molar-refractivity contribution in [2.24, 2.45) is 0 Å². The van der Waals surface area contributed by atoms with Crippen LogP contribution in [0.2, 0.25) is 0 Å². The molecule has 0 aliphatic carbocycles. The van der Waals surface area contributed by atoms with E-state index < -0.39 is 24.3 Å². The first kappa shape index (κ1) is 94.7. The zero-order valence-corrected chi connectivity index (χ0v) is 65.7. The Hall–Kier alpha value is -3.27. The van der Waals surface area contributed by atoms with Gasteiger partial charge in [0.2, 0.25) is 0 Å². The van der Waals surface area contributed by atoms with Crippen molar-refractivity contribution < 1.29 is 42.9 Å². The third-order valence-corrected chi connectivity index (χ3v) is 19.2. The summed E-state index contributed by atoms with van der Waals surface area (Å²) in [7, 11) is 5.95. The third kappa shape index (κ3) is 80.0. The number of carboxylic acid groups (broad SMARTS) is 1. The highest BCUT2D eigenvalue weighted by molar-refractivity contribution is 5.70. The van der Waals surface area contributed by atoms with E-state index in [9.17, 15) is 19.5 Å². The molecule has 0 aromatic rings. The molecule has 572 valence electrons. The van der Waals surface area contributed by atoms with Crippen LogP contribution < -0.4 is 5.11 Å². The third-order valence-electron chi connectivity index (χ3n) is 19.2. The minimum absolute atomic E-state index is 0.149. The van der Waals surface area contributed by atoms with Crippen molar-refractivity contribution >= 4 is 17.9 Å². The molecule has 0 spiro atoms. The van der Waals surface area contributed by atoms with Gasteiger partial charge < -0.3 is 33.3 Å². The van der Waals surface area contributed by atoms with Crippen molar-refractivity contribution in [1.29, 1.82) is 0 Å². The number of hydrogen-bond acceptors (Lipinski definition) is 8. The second kappa shape index (κ2) is 79.4. The Morgan fingerprint density at radius 1 is 0.316 bits per heavy atom. The molecule has 0 heterocycles. The fraction of sp³-hybridized carbons (Fsp3) is 0.831. The smallest absolute Gasteiger partial charge is 0.306 e. The van der Waals surface area contributed by atoms with Gasteiger partial charge in [0, 0.05) is 12.8 Å². The van der Waals surface area contributed by atoms with E-state index in [1.165, 1.54) is 315 Å². The summed E-state index contributed by atoms with van der Waals surface area (Å²) in [5.74, 6) is -2.26. The van der Waals surface area contributed by atoms with Crippen LogP contribution in [0, 0.1) is 0 Å². The highest BCUT2D eigenvalue weighted by atomic mass is 16.7. The van der Waals surface area contributed by atoms with Crippen molar-refractivity contribution in [2.75, 3.05) is 47.5 Å². The molecule has 0 aliphatic heterocycles. The van der Waals surface area contributed by atoms with E-state index >= 15 is 0 Å². The van der Waals surface area contributed by atoms with Crippen LogP contribution in [0.15, 0.2) is 72.9 Å². The quantitative estimate of drug-likeness (QED) is 0.0195. The first-order valence-corrected chi connectivity index (χ1v) is 42.6. The molecule has 9 nitrogen and oxygen atoms in total. The number of carboxylic acids is 1. The fourth-order valence-corrected chi connectivity index (χ4v) is 12.8. The van der Waals surface area contributed by atoms with Gasteiger partial charge >= 0.3 is 11.9 Å². The van der Waals surface area contributed by atoms with E-state index in [-0.39, 0.29) is 32.2 Å². The van der Waals surface area contributed by atoms with Crippen LogP contribution >= 0.6 is 0 Å². The Morgan fingerprint density at radius 3 is 0.867 bits per heavy atom. The normalized spacial score (nSPS) is 12.9. The van der Waals surface area contributed by atoms with Crippen LogP contribution in [0.25, 0.3) is 0 Å². The molecule has 2 unspecified atom stereocenters. The minimum atomic E-state index is -1.62. The molecular weight excluding hydrogens is 1210 g/mol. The molecular formula is C89H163NO8. The summed E-state index contributed by atoms with van der Waals surface area (Å²) in [6, 6.07) is 0. The summed E-state index contributed by atoms with van der Waals surface area (Å²) in [5.41, 5.74) is 0. The number of unbranched alkanes of at least 4 members (excludes halogenated alkanes) is 53. The number of likely N-dealkylation sites (N-methyl/N-ethyl adjacent to an activating group) is 1. The number of carbonyl (C=O) groups is 3. The second-order valence-electron chi connectivity index (χ2n) is 30.1. The lowest BCUT2D eigenvalue weighted by Gasteiger charge is -2.26. The van der Waals surface area contributed by atoms with Crippen molar-refractivity contribution in [1.82, 2.24) is 0 Å². The van der Waals surface area contributed by atoms with Gasteiger partial charge in [0.05, 0.1) is 40.3 Å². The van der Waals surface area contributed by atoms with Crippen LogP contribution in [-0.4, -0.2) is 82.3 Å². The van der Waals surface area contributed by atoms with Crippen LogP contribution in [-0.2, 0) is 33.3 Å². The minimum Gasteiger partial charge on any atom is -0.545 e. The summed E-state index contributed by atoms with van der Waals surface area (Å²) in [5, 5.41) is 11.9. The molecule has 9 heteroatoms. The molecule has 0 rings (SSSR count). The van der Waals surface area contributed by atoms with Crippen molar-refractivity contribution in [3.63, 3.8) is 0 Å². The maximum absolute atomic E-state index is 13.0. The topological polar surface area (TPSA) is 111 Å². The maximum atomic E-state index is 13.0. The van der Waals surface area contributed by atoms with E-state index in [0.717, 1.165) is 70.6 Å². The Morgan fingerprint density at radius 2 is 0.582 bits per heavy atom. The first-order valence-electron chi connectivity index (χ1n) is 42.6. The van der Waals surface area contributed by atoms with Crippen LogP contribution in [0.4, 0.5) is 0 Å². The van der Waals surface area contributed by atoms with Crippen molar-refractivity contribution in [3.8, 4) is 0 Å². The zero-order chi connectivity index (χ0) is 71.1. The van der Waals surface area contributed by atoms with Gasteiger partial charge in [-0.15, -0.1) is 0 Å². The number of quaternary nitrogens is 1. The number of esters is 2. The predicted octanol–water partition coefficient (Wildman–Crippen LogP) is 26.2. The maximum Gasteiger partial charge on any atom is 0.306 e. The Bertz CT molecular complexity index is 1850. The number of rotatable bonds is 80. The Balaban J connectivity index is 3.95. The number of carbonyl (C=O) groups excluding carboxylic acids is 3. The van der Waals surface area contributed by atoms with Crippen LogP contribution in [0.5, 0.6) is 0 Å². The SMILES string of the molecule is CC/C=C\C/C=C\C/C=C\C/C=C\C/C=C\C/C=C\CCCCCCCCCCCCCCCCCCC(=O)OC(COC(=O)CCCCCCCCCCCCCCCCCCCCCCCCCCCCCCCCCCCCCCCC)COC(OCC[N+](C)(C)C)C(=O)[O-]. The van der Waals surface area contributed by atoms with E-state index in [4.69, 9.17) is 18.9 Å². The average Bonchev–Trinajstić information content (AvgIpc) is 1.34. The summed E-state index contributed by atoms with van der Waals surface area (Å²) in [6.07, 6.45) is 105. The highest BCUT2D eigenvalue weighted by Crippen LogP contribution is 2.20. The summed E-state index contributed by atoms with van der Waals surface area (Å²) < 4.78 is 22.9. The molecule has 0 amide bonds. The van der Waals surface area contributed by atoms with Gasteiger partial charge in [-0.3, -0.25) is 9.59 Å². The molecule has 0 radical (unpaired) electrons. The van der Waals surface area contributed by atoms with E-state index in [0.29, 0.717) is 23.9 Å². The lowest BCUT2D eigenvalue weighted by atomic mass is 10.0. The van der Waals surface area contributed by atoms with Crippen LogP contribution in [0.1, 0.15) is 418 Å². The molecule has 2 atom stereocenters. The molecule has 98 heavy (non-hydrogen) atoms. The summed E-state index contributed by atoms with van der Waals surface area (Å²) >= 11 is 0. The highest BCUT2D eigenvalue weighted by Gasteiger charge is 2.22. The Labute approximate surface area is 608 Å². The molecule has 0 aromatic carbocycles. The summed E-state index contributed by atoms with van der Waals surface area (Å²) in [6.45, 7) is 4.71. The standard InChI is InChI=1S/C89H163NO8/c1-6-8-10-12-14-16-18-20-22-24-26-28-30-32-34-36-38-40-42-43-44-46-47-49-51-53-55-57-59-61-63-65-67-69-71-73-75-77-79-86(91)96-83-85(84-97-89(88(93)94)95-82-81-90(3,4)5)98-87(92)80-78-76-74-72-70-68-66-64-62-60-58-56-54-52-50-48-45-41-39-37-35-33-31-29-27-25-23-21-19-17-15-13-11-9-7-2/h9,11,15,17,21,23,27,29,33,35,39,41,85,89H,6-8,10,12-14,16,18-20,22,24-26,28,30-32,34,36-38,40,42-84H2,1-5H3/b11-9-,17-15-,23-21-,29-27-,35-33-,41-39-. The summed E-state index contributed by atoms with van der Waals surface area (Å²) in [4.78, 5) is 37.7. The predicted molar refractivity (Wildman–Crippen MR) is 421 cm³/mol. The molecule has 0 aromatic heterocycles. The lowest BCUT2D eigenvalue weighted by molar-refractivity contribution is -0.870. The van der Waals surface area contributed by atoms with Crippen molar-refractivity contribution in [3.05, 3.63) is 72.9 Å². The largest absolute Gasteiger partial charge is 0.545 e. The van der Waals surface area contributed by atoms with Gasteiger partial charge in [-0.1, -0.05) is 414 Å². The fourth-order valence-electron chi connectivity index (χ4n) is 12.8. The number of hydrogen-bond donors (Lipinski definition) is 0. The zero-order valence-electron chi connectivity index (χ0n) is 65.7. The second-order valence-corrected chi connectivity index (χ2v) is 30.1. The average molecular weight is 1380 g/mol. The van der Waals surface area contributed by atoms with E-state index in [1.807, 2.05) is 21.1 Å². The molecule has 0 N–H and O–H groups in total. The monoisotopic (exact) mass is 1370 g/mol. The molecule has 0 fully saturated rings.